The molecule has 2 N–H and O–H groups in total. The first kappa shape index (κ1) is 9.93. The maximum absolute atomic E-state index is 10.7. The largest absolute Gasteiger partial charge is 0.481 e. The molecule has 1 aliphatic heterocycles. The summed E-state index contributed by atoms with van der Waals surface area (Å²) in [7, 11) is 0. The summed E-state index contributed by atoms with van der Waals surface area (Å²) >= 11 is 0. The highest BCUT2D eigenvalue weighted by molar-refractivity contribution is 5.70. The van der Waals surface area contributed by atoms with Gasteiger partial charge in [0.05, 0.1) is 11.5 Å². The van der Waals surface area contributed by atoms with Crippen LogP contribution in [0.5, 0.6) is 0 Å². The molecule has 0 bridgehead atoms. The number of aliphatic carboxylic acids is 1. The minimum atomic E-state index is -0.671. The van der Waals surface area contributed by atoms with Gasteiger partial charge in [0.2, 0.25) is 0 Å². The van der Waals surface area contributed by atoms with E-state index in [1.165, 1.54) is 0 Å². The van der Waals surface area contributed by atoms with Gasteiger partial charge < -0.3 is 15.1 Å². The van der Waals surface area contributed by atoms with Crippen LogP contribution in [-0.2, 0) is 4.79 Å². The van der Waals surface area contributed by atoms with Crippen LogP contribution in [0.15, 0.2) is 0 Å². The number of carboxylic acid groups (broad SMARTS) is 1. The van der Waals surface area contributed by atoms with E-state index in [4.69, 9.17) is 5.11 Å². The van der Waals surface area contributed by atoms with Gasteiger partial charge in [-0.2, -0.15) is 0 Å². The molecule has 80 valence electrons. The molecule has 0 aromatic heterocycles. The average Bonchev–Trinajstić information content (AvgIpc) is 2.84. The van der Waals surface area contributed by atoms with Crippen molar-refractivity contribution < 1.29 is 15.0 Å². The monoisotopic (exact) mass is 199 g/mol. The van der Waals surface area contributed by atoms with Crippen molar-refractivity contribution in [3.8, 4) is 0 Å². The first-order chi connectivity index (χ1) is 6.59. The second-order valence-corrected chi connectivity index (χ2v) is 4.61. The van der Waals surface area contributed by atoms with Crippen LogP contribution >= 0.6 is 0 Å². The number of likely N-dealkylation sites (tertiary alicyclic amines) is 1. The average molecular weight is 199 g/mol. The molecule has 1 saturated carbocycles. The van der Waals surface area contributed by atoms with Gasteiger partial charge in [-0.3, -0.25) is 4.79 Å². The maximum atomic E-state index is 10.7. The van der Waals surface area contributed by atoms with Crippen molar-refractivity contribution in [1.82, 2.24) is 4.90 Å². The third-order valence-electron chi connectivity index (χ3n) is 3.28. The molecule has 0 aromatic carbocycles. The van der Waals surface area contributed by atoms with E-state index in [0.717, 1.165) is 45.3 Å². The minimum absolute atomic E-state index is 0.167. The Hall–Kier alpha value is -0.610. The number of carbonyl (C=O) groups is 1. The summed E-state index contributed by atoms with van der Waals surface area (Å²) < 4.78 is 0. The summed E-state index contributed by atoms with van der Waals surface area (Å²) in [5.74, 6) is -0.838. The number of β-amino-alcohol motifs (C(OH)–C–C–N with tert-alkyl or cyclic N) is 1. The lowest BCUT2D eigenvalue weighted by Crippen LogP contribution is -2.41. The number of piperidine rings is 1. The predicted octanol–water partition coefficient (Wildman–Crippen LogP) is 0.308. The topological polar surface area (TPSA) is 60.8 Å². The van der Waals surface area contributed by atoms with Crippen LogP contribution in [0.25, 0.3) is 0 Å². The first-order valence-corrected chi connectivity index (χ1v) is 5.27. The van der Waals surface area contributed by atoms with Gasteiger partial charge in [0.1, 0.15) is 0 Å². The number of aliphatic hydroxyl groups is 1. The number of carboxylic acids is 1. The molecule has 0 atom stereocenters. The van der Waals surface area contributed by atoms with E-state index in [9.17, 15) is 9.90 Å². The van der Waals surface area contributed by atoms with Crippen molar-refractivity contribution in [2.24, 2.45) is 5.92 Å². The molecule has 4 heteroatoms. The molecule has 2 fully saturated rings. The highest BCUT2D eigenvalue weighted by Gasteiger charge is 2.42. The number of hydrogen-bond donors (Lipinski definition) is 2. The summed E-state index contributed by atoms with van der Waals surface area (Å²) in [6, 6.07) is 0. The number of rotatable bonds is 3. The second kappa shape index (κ2) is 3.51. The molecule has 2 rings (SSSR count). The van der Waals surface area contributed by atoms with Crippen molar-refractivity contribution in [1.29, 1.82) is 0 Å². The lowest BCUT2D eigenvalue weighted by atomic mass is 9.97. The fourth-order valence-electron chi connectivity index (χ4n) is 2.06. The molecule has 1 aliphatic carbocycles. The summed E-state index contributed by atoms with van der Waals surface area (Å²) in [6.07, 6.45) is 3.27. The molecule has 2 aliphatic rings. The minimum Gasteiger partial charge on any atom is -0.481 e. The molecule has 0 amide bonds. The Morgan fingerprint density at radius 3 is 2.36 bits per heavy atom. The Balaban J connectivity index is 1.75. The molecule has 14 heavy (non-hydrogen) atoms. The zero-order valence-electron chi connectivity index (χ0n) is 8.28. The quantitative estimate of drug-likeness (QED) is 0.686. The molecule has 0 unspecified atom stereocenters. The van der Waals surface area contributed by atoms with Gasteiger partial charge in [-0.05, 0) is 38.8 Å². The van der Waals surface area contributed by atoms with Crippen molar-refractivity contribution in [3.63, 3.8) is 0 Å². The van der Waals surface area contributed by atoms with Crippen LogP contribution in [-0.4, -0.2) is 46.3 Å². The lowest BCUT2D eigenvalue weighted by molar-refractivity contribution is -0.143. The molecule has 0 spiro atoms. The van der Waals surface area contributed by atoms with Gasteiger partial charge in [0.25, 0.3) is 0 Å². The van der Waals surface area contributed by atoms with E-state index < -0.39 is 11.6 Å². The van der Waals surface area contributed by atoms with E-state index >= 15 is 0 Å². The van der Waals surface area contributed by atoms with Crippen LogP contribution in [0.1, 0.15) is 25.7 Å². The Labute approximate surface area is 83.5 Å². The van der Waals surface area contributed by atoms with Gasteiger partial charge in [0.15, 0.2) is 0 Å². The van der Waals surface area contributed by atoms with Crippen LogP contribution < -0.4 is 0 Å². The SMILES string of the molecule is O=C(O)C1CCN(CC2(O)CC2)CC1. The first-order valence-electron chi connectivity index (χ1n) is 5.27. The maximum Gasteiger partial charge on any atom is 0.306 e. The molecular formula is C10H17NO3. The zero-order valence-corrected chi connectivity index (χ0v) is 8.28. The zero-order chi connectivity index (χ0) is 10.2. The normalized spacial score (nSPS) is 27.5. The van der Waals surface area contributed by atoms with E-state index in [1.807, 2.05) is 0 Å². The highest BCUT2D eigenvalue weighted by Crippen LogP contribution is 2.36. The smallest absolute Gasteiger partial charge is 0.306 e. The second-order valence-electron chi connectivity index (χ2n) is 4.61. The van der Waals surface area contributed by atoms with Crippen LogP contribution in [0, 0.1) is 5.92 Å². The summed E-state index contributed by atoms with van der Waals surface area (Å²) in [5.41, 5.74) is -0.434. The summed E-state index contributed by atoms with van der Waals surface area (Å²) in [5, 5.41) is 18.5. The van der Waals surface area contributed by atoms with E-state index in [2.05, 4.69) is 4.90 Å². The third kappa shape index (κ3) is 2.25. The summed E-state index contributed by atoms with van der Waals surface area (Å²) in [4.78, 5) is 12.9. The Bertz CT molecular complexity index is 230. The van der Waals surface area contributed by atoms with Crippen molar-refractivity contribution in [3.05, 3.63) is 0 Å². The molecule has 1 heterocycles. The Morgan fingerprint density at radius 2 is 1.93 bits per heavy atom. The van der Waals surface area contributed by atoms with Gasteiger partial charge in [-0.25, -0.2) is 0 Å². The lowest BCUT2D eigenvalue weighted by Gasteiger charge is -2.31. The molecule has 4 nitrogen and oxygen atoms in total. The van der Waals surface area contributed by atoms with Crippen LogP contribution in [0.2, 0.25) is 0 Å². The fraction of sp³-hybridized carbons (Fsp3) is 0.900. The Morgan fingerprint density at radius 1 is 1.36 bits per heavy atom. The van der Waals surface area contributed by atoms with Gasteiger partial charge in [-0.1, -0.05) is 0 Å². The standard InChI is InChI=1S/C10H17NO3/c12-9(13)8-1-5-11(6-2-8)7-10(14)3-4-10/h8,14H,1-7H2,(H,12,13). The van der Waals surface area contributed by atoms with Gasteiger partial charge in [-0.15, -0.1) is 0 Å². The van der Waals surface area contributed by atoms with E-state index in [0.29, 0.717) is 0 Å². The van der Waals surface area contributed by atoms with Crippen molar-refractivity contribution >= 4 is 5.97 Å². The van der Waals surface area contributed by atoms with E-state index in [-0.39, 0.29) is 5.92 Å². The molecular weight excluding hydrogens is 182 g/mol. The molecule has 1 saturated heterocycles. The third-order valence-corrected chi connectivity index (χ3v) is 3.28. The molecule has 0 aromatic rings. The van der Waals surface area contributed by atoms with E-state index in [1.54, 1.807) is 0 Å². The van der Waals surface area contributed by atoms with Gasteiger partial charge >= 0.3 is 5.97 Å². The fourth-order valence-corrected chi connectivity index (χ4v) is 2.06. The van der Waals surface area contributed by atoms with Crippen LogP contribution in [0.4, 0.5) is 0 Å². The number of hydrogen-bond acceptors (Lipinski definition) is 3. The van der Waals surface area contributed by atoms with Crippen molar-refractivity contribution in [2.75, 3.05) is 19.6 Å². The summed E-state index contributed by atoms with van der Waals surface area (Å²) in [6.45, 7) is 2.37. The Kier molecular flexibility index (Phi) is 2.49. The molecule has 0 radical (unpaired) electrons. The predicted molar refractivity (Wildman–Crippen MR) is 51.0 cm³/mol. The number of nitrogens with zero attached hydrogens (tertiary/aromatic N) is 1. The van der Waals surface area contributed by atoms with Crippen LogP contribution in [0.3, 0.4) is 0 Å². The van der Waals surface area contributed by atoms with Gasteiger partial charge in [0, 0.05) is 6.54 Å². The highest BCUT2D eigenvalue weighted by atomic mass is 16.4. The van der Waals surface area contributed by atoms with Crippen molar-refractivity contribution in [2.45, 2.75) is 31.3 Å².